The first-order chi connectivity index (χ1) is 15.1. The zero-order chi connectivity index (χ0) is 21.8. The Kier molecular flexibility index (Phi) is 5.94. The average Bonchev–Trinajstić information content (AvgIpc) is 3.25. The topological polar surface area (TPSA) is 94.6 Å². The zero-order valence-electron chi connectivity index (χ0n) is 16.7. The number of nitrogens with zero attached hydrogens (tertiary/aromatic N) is 6. The standard InChI is InChI=1S/C21H19ClN6O3/c1-31-17-9-7-15(8-10-17)13-26(16-5-3-2-4-6-16)20(29)18-19-24-25-28(12-11-22)21(30)27(19)14-23-18/h2-10,14H,11-13H2,1H3. The third-order valence-electron chi connectivity index (χ3n) is 4.73. The summed E-state index contributed by atoms with van der Waals surface area (Å²) in [6.45, 7) is 0.501. The predicted molar refractivity (Wildman–Crippen MR) is 116 cm³/mol. The van der Waals surface area contributed by atoms with Crippen LogP contribution in [0.15, 0.2) is 65.7 Å². The largest absolute Gasteiger partial charge is 0.497 e. The van der Waals surface area contributed by atoms with Crippen LogP contribution in [0.2, 0.25) is 0 Å². The fraction of sp³-hybridized carbons (Fsp3) is 0.190. The van der Waals surface area contributed by atoms with Crippen molar-refractivity contribution >= 4 is 28.8 Å². The molecule has 0 N–H and O–H groups in total. The molecule has 0 saturated heterocycles. The van der Waals surface area contributed by atoms with Crippen molar-refractivity contribution in [3.05, 3.63) is 82.7 Å². The lowest BCUT2D eigenvalue weighted by Crippen LogP contribution is -2.33. The molecular formula is C21H19ClN6O3. The van der Waals surface area contributed by atoms with Crippen LogP contribution in [-0.2, 0) is 13.1 Å². The van der Waals surface area contributed by atoms with Gasteiger partial charge in [-0.2, -0.15) is 4.68 Å². The fourth-order valence-corrected chi connectivity index (χ4v) is 3.30. The maximum atomic E-state index is 13.5. The van der Waals surface area contributed by atoms with Crippen molar-refractivity contribution in [3.63, 3.8) is 0 Å². The number of ether oxygens (including phenoxy) is 1. The number of aromatic nitrogens is 5. The molecule has 0 fully saturated rings. The minimum Gasteiger partial charge on any atom is -0.497 e. The van der Waals surface area contributed by atoms with Gasteiger partial charge in [0, 0.05) is 11.6 Å². The maximum Gasteiger partial charge on any atom is 0.353 e. The van der Waals surface area contributed by atoms with Gasteiger partial charge in [-0.25, -0.2) is 14.2 Å². The van der Waals surface area contributed by atoms with Crippen molar-refractivity contribution in [2.24, 2.45) is 0 Å². The highest BCUT2D eigenvalue weighted by molar-refractivity contribution is 6.17. The number of anilines is 1. The lowest BCUT2D eigenvalue weighted by Gasteiger charge is -2.22. The minimum atomic E-state index is -0.460. The Morgan fingerprint density at radius 2 is 1.87 bits per heavy atom. The van der Waals surface area contributed by atoms with E-state index < -0.39 is 11.6 Å². The van der Waals surface area contributed by atoms with E-state index in [0.717, 1.165) is 16.0 Å². The quantitative estimate of drug-likeness (QED) is 0.411. The predicted octanol–water partition coefficient (Wildman–Crippen LogP) is 2.38. The first-order valence-corrected chi connectivity index (χ1v) is 10.0. The molecule has 0 unspecified atom stereocenters. The van der Waals surface area contributed by atoms with E-state index in [1.807, 2.05) is 54.6 Å². The lowest BCUT2D eigenvalue weighted by molar-refractivity contribution is 0.0982. The molecule has 0 atom stereocenters. The van der Waals surface area contributed by atoms with Crippen molar-refractivity contribution in [3.8, 4) is 5.75 Å². The second-order valence-corrected chi connectivity index (χ2v) is 7.02. The van der Waals surface area contributed by atoms with Crippen molar-refractivity contribution < 1.29 is 9.53 Å². The number of benzene rings is 2. The van der Waals surface area contributed by atoms with E-state index in [1.165, 1.54) is 10.7 Å². The van der Waals surface area contributed by atoms with E-state index in [0.29, 0.717) is 12.2 Å². The van der Waals surface area contributed by atoms with Crippen molar-refractivity contribution in [1.29, 1.82) is 0 Å². The Balaban J connectivity index is 1.73. The van der Waals surface area contributed by atoms with E-state index >= 15 is 0 Å². The fourth-order valence-electron chi connectivity index (χ4n) is 3.14. The molecule has 4 aromatic rings. The van der Waals surface area contributed by atoms with Crippen molar-refractivity contribution in [1.82, 2.24) is 24.4 Å². The van der Waals surface area contributed by atoms with Crippen molar-refractivity contribution in [2.75, 3.05) is 17.9 Å². The molecule has 2 heterocycles. The molecule has 9 nitrogen and oxygen atoms in total. The first-order valence-electron chi connectivity index (χ1n) is 9.49. The number of carbonyl (C=O) groups is 1. The van der Waals surface area contributed by atoms with E-state index in [2.05, 4.69) is 15.3 Å². The molecule has 2 aromatic carbocycles. The molecule has 0 saturated carbocycles. The molecule has 2 aromatic heterocycles. The van der Waals surface area contributed by atoms with Crippen LogP contribution in [0.4, 0.5) is 5.69 Å². The van der Waals surface area contributed by atoms with Crippen LogP contribution in [0.1, 0.15) is 16.1 Å². The Labute approximate surface area is 182 Å². The summed E-state index contributed by atoms with van der Waals surface area (Å²) in [5, 5.41) is 7.91. The molecule has 0 aliphatic heterocycles. The summed E-state index contributed by atoms with van der Waals surface area (Å²) in [6.07, 6.45) is 1.28. The SMILES string of the molecule is COc1ccc(CN(C(=O)c2ncn3c(=O)n(CCCl)nnc23)c2ccccc2)cc1. The van der Waals surface area contributed by atoms with Gasteiger partial charge in [0.25, 0.3) is 5.91 Å². The van der Waals surface area contributed by atoms with Gasteiger partial charge in [-0.05, 0) is 29.8 Å². The van der Waals surface area contributed by atoms with E-state index in [1.54, 1.807) is 12.0 Å². The molecule has 0 aliphatic carbocycles. The normalized spacial score (nSPS) is 10.9. The van der Waals surface area contributed by atoms with Gasteiger partial charge in [0.2, 0.25) is 0 Å². The van der Waals surface area contributed by atoms with Crippen LogP contribution in [0.25, 0.3) is 5.65 Å². The van der Waals surface area contributed by atoms with Gasteiger partial charge in [0.15, 0.2) is 11.3 Å². The highest BCUT2D eigenvalue weighted by Gasteiger charge is 2.24. The average molecular weight is 439 g/mol. The third-order valence-corrected chi connectivity index (χ3v) is 4.90. The maximum absolute atomic E-state index is 13.5. The monoisotopic (exact) mass is 438 g/mol. The summed E-state index contributed by atoms with van der Waals surface area (Å²) in [6, 6.07) is 16.7. The molecule has 10 heteroatoms. The number of fused-ring (bicyclic) bond motifs is 1. The summed E-state index contributed by atoms with van der Waals surface area (Å²) in [4.78, 5) is 31.8. The second kappa shape index (κ2) is 8.97. The highest BCUT2D eigenvalue weighted by Crippen LogP contribution is 2.21. The van der Waals surface area contributed by atoms with E-state index in [9.17, 15) is 9.59 Å². The number of methoxy groups -OCH3 is 1. The summed E-state index contributed by atoms with van der Waals surface area (Å²) in [5.41, 5.74) is 1.26. The molecule has 4 rings (SSSR count). The van der Waals surface area contributed by atoms with Crippen LogP contribution in [0.5, 0.6) is 5.75 Å². The number of amides is 1. The zero-order valence-corrected chi connectivity index (χ0v) is 17.4. The van der Waals surface area contributed by atoms with Crippen LogP contribution >= 0.6 is 11.6 Å². The van der Waals surface area contributed by atoms with Crippen LogP contribution in [0, 0.1) is 0 Å². The van der Waals surface area contributed by atoms with E-state index in [4.69, 9.17) is 16.3 Å². The van der Waals surface area contributed by atoms with Gasteiger partial charge in [-0.1, -0.05) is 35.5 Å². The number of alkyl halides is 1. The molecule has 0 radical (unpaired) electrons. The Morgan fingerprint density at radius 1 is 1.13 bits per heavy atom. The molecule has 0 spiro atoms. The van der Waals surface area contributed by atoms with Gasteiger partial charge in [-0.15, -0.1) is 16.7 Å². The van der Waals surface area contributed by atoms with Gasteiger partial charge < -0.3 is 9.64 Å². The third kappa shape index (κ3) is 4.13. The summed E-state index contributed by atoms with van der Waals surface area (Å²) < 4.78 is 7.53. The minimum absolute atomic E-state index is 0.0417. The number of imidazole rings is 1. The molecule has 1 amide bonds. The van der Waals surface area contributed by atoms with Gasteiger partial charge >= 0.3 is 5.69 Å². The second-order valence-electron chi connectivity index (χ2n) is 6.65. The van der Waals surface area contributed by atoms with Gasteiger partial charge in [0.1, 0.15) is 12.1 Å². The molecule has 0 aliphatic rings. The van der Waals surface area contributed by atoms with Crippen LogP contribution in [-0.4, -0.2) is 43.3 Å². The van der Waals surface area contributed by atoms with E-state index in [-0.39, 0.29) is 23.8 Å². The summed E-state index contributed by atoms with van der Waals surface area (Å²) in [5.74, 6) is 0.544. The summed E-state index contributed by atoms with van der Waals surface area (Å²) in [7, 11) is 1.60. The Bertz CT molecular complexity index is 1250. The van der Waals surface area contributed by atoms with Gasteiger partial charge in [-0.3, -0.25) is 4.79 Å². The Hall–Kier alpha value is -3.72. The molecule has 158 valence electrons. The van der Waals surface area contributed by atoms with Crippen LogP contribution < -0.4 is 15.3 Å². The number of carbonyl (C=O) groups excluding carboxylic acids is 1. The smallest absolute Gasteiger partial charge is 0.353 e. The van der Waals surface area contributed by atoms with Crippen LogP contribution in [0.3, 0.4) is 0 Å². The number of rotatable bonds is 7. The first kappa shape index (κ1) is 20.5. The molecule has 31 heavy (non-hydrogen) atoms. The van der Waals surface area contributed by atoms with Crippen molar-refractivity contribution in [2.45, 2.75) is 13.1 Å². The van der Waals surface area contributed by atoms with Gasteiger partial charge in [0.05, 0.1) is 20.2 Å². The number of hydrogen-bond donors (Lipinski definition) is 0. The number of para-hydroxylation sites is 1. The number of halogens is 1. The number of hydrogen-bond acceptors (Lipinski definition) is 6. The Morgan fingerprint density at radius 3 is 2.55 bits per heavy atom. The number of aryl methyl sites for hydroxylation is 1. The highest BCUT2D eigenvalue weighted by atomic mass is 35.5. The summed E-state index contributed by atoms with van der Waals surface area (Å²) >= 11 is 5.70. The molecule has 0 bridgehead atoms. The molecular weight excluding hydrogens is 420 g/mol. The lowest BCUT2D eigenvalue weighted by atomic mass is 10.1.